The number of hydrogen-bond acceptors (Lipinski definition) is 4. The van der Waals surface area contributed by atoms with Crippen LogP contribution in [0.3, 0.4) is 0 Å². The minimum absolute atomic E-state index is 0.143. The number of carbonyl (C=O) groups is 1. The Labute approximate surface area is 118 Å². The second-order valence-electron chi connectivity index (χ2n) is 3.99. The van der Waals surface area contributed by atoms with Crippen molar-refractivity contribution in [3.05, 3.63) is 33.6 Å². The number of rotatable bonds is 2. The zero-order chi connectivity index (χ0) is 14.0. The second-order valence-corrected chi connectivity index (χ2v) is 4.91. The van der Waals surface area contributed by atoms with Gasteiger partial charge in [0.2, 0.25) is 0 Å². The van der Waals surface area contributed by atoms with E-state index in [1.807, 2.05) is 0 Å². The minimum Gasteiger partial charge on any atom is -0.463 e. The highest BCUT2D eigenvalue weighted by molar-refractivity contribution is 9.10. The van der Waals surface area contributed by atoms with E-state index in [4.69, 9.17) is 10.5 Å². The highest BCUT2D eigenvalue weighted by atomic mass is 79.9. The Morgan fingerprint density at radius 1 is 1.58 bits per heavy atom. The predicted molar refractivity (Wildman–Crippen MR) is 74.6 cm³/mol. The molecule has 19 heavy (non-hydrogen) atoms. The lowest BCUT2D eigenvalue weighted by atomic mass is 10.1. The first-order valence-corrected chi connectivity index (χ1v) is 6.50. The van der Waals surface area contributed by atoms with E-state index in [1.54, 1.807) is 13.0 Å². The van der Waals surface area contributed by atoms with Gasteiger partial charge in [-0.15, -0.1) is 0 Å². The molecule has 0 spiro atoms. The molecule has 0 saturated carbocycles. The molecule has 0 aliphatic carbocycles. The third kappa shape index (κ3) is 3.01. The van der Waals surface area contributed by atoms with E-state index in [-0.39, 0.29) is 24.4 Å². The van der Waals surface area contributed by atoms with Crippen LogP contribution in [-0.4, -0.2) is 18.4 Å². The molecule has 100 valence electrons. The molecule has 0 unspecified atom stereocenters. The van der Waals surface area contributed by atoms with E-state index >= 15 is 0 Å². The third-order valence-electron chi connectivity index (χ3n) is 2.56. The number of hydrogen-bond donors (Lipinski definition) is 1. The Kier molecular flexibility index (Phi) is 3.99. The van der Waals surface area contributed by atoms with E-state index < -0.39 is 11.8 Å². The summed E-state index contributed by atoms with van der Waals surface area (Å²) in [6.07, 6.45) is 1.59. The van der Waals surface area contributed by atoms with E-state index in [2.05, 4.69) is 20.9 Å². The summed E-state index contributed by atoms with van der Waals surface area (Å²) in [7, 11) is 0. The van der Waals surface area contributed by atoms with Crippen molar-refractivity contribution < 1.29 is 13.9 Å². The molecule has 1 heterocycles. The molecule has 0 radical (unpaired) electrons. The quantitative estimate of drug-likeness (QED) is 0.850. The van der Waals surface area contributed by atoms with Gasteiger partial charge in [0.25, 0.3) is 0 Å². The lowest BCUT2D eigenvalue weighted by Crippen LogP contribution is -2.16. The summed E-state index contributed by atoms with van der Waals surface area (Å²) in [6, 6.07) is 2.96. The molecule has 0 bridgehead atoms. The normalized spacial score (nSPS) is 14.1. The smallest absolute Gasteiger partial charge is 0.334 e. The molecule has 1 aliphatic heterocycles. The van der Waals surface area contributed by atoms with Crippen molar-refractivity contribution in [1.29, 1.82) is 0 Å². The number of amidine groups is 1. The van der Waals surface area contributed by atoms with Gasteiger partial charge in [-0.3, -0.25) is 0 Å². The van der Waals surface area contributed by atoms with Crippen LogP contribution in [0.4, 0.5) is 10.1 Å². The molecule has 0 amide bonds. The first kappa shape index (κ1) is 13.7. The van der Waals surface area contributed by atoms with Crippen LogP contribution in [0, 0.1) is 5.82 Å². The first-order valence-electron chi connectivity index (χ1n) is 5.71. The fraction of sp³-hybridized carbons (Fsp3) is 0.231. The number of nitrogens with two attached hydrogens (primary N) is 1. The van der Waals surface area contributed by atoms with E-state index in [0.29, 0.717) is 15.7 Å². The number of esters is 1. The van der Waals surface area contributed by atoms with Gasteiger partial charge in [-0.25, -0.2) is 14.2 Å². The van der Waals surface area contributed by atoms with Crippen LogP contribution in [0.5, 0.6) is 0 Å². The summed E-state index contributed by atoms with van der Waals surface area (Å²) in [5.74, 6) is -0.726. The Morgan fingerprint density at radius 2 is 2.32 bits per heavy atom. The van der Waals surface area contributed by atoms with Crippen molar-refractivity contribution in [2.45, 2.75) is 13.3 Å². The standard InChI is InChI=1S/C13H12BrFN2O2/c1-2-19-13(18)7-3-9-10(15)5-8(14)6-11(9)17-12(16)4-7/h3,5-6H,2,4H2,1H3,(H2,16,17). The molecule has 1 aromatic rings. The SMILES string of the molecule is CCOC(=O)C1=Cc2c(F)cc(Br)cc2N=C(N)C1. The number of aliphatic imine (C=N–C) groups is 1. The molecule has 1 aromatic carbocycles. The molecular weight excluding hydrogens is 315 g/mol. The topological polar surface area (TPSA) is 64.7 Å². The van der Waals surface area contributed by atoms with Crippen molar-refractivity contribution in [1.82, 2.24) is 0 Å². The van der Waals surface area contributed by atoms with Gasteiger partial charge in [0.15, 0.2) is 0 Å². The van der Waals surface area contributed by atoms with E-state index in [1.165, 1.54) is 12.1 Å². The van der Waals surface area contributed by atoms with Crippen molar-refractivity contribution in [3.8, 4) is 0 Å². The van der Waals surface area contributed by atoms with Crippen LogP contribution >= 0.6 is 15.9 Å². The highest BCUT2D eigenvalue weighted by Gasteiger charge is 2.19. The molecule has 6 heteroatoms. The number of fused-ring (bicyclic) bond motifs is 1. The fourth-order valence-electron chi connectivity index (χ4n) is 1.78. The number of nitrogens with zero attached hydrogens (tertiary/aromatic N) is 1. The Morgan fingerprint density at radius 3 is 3.00 bits per heavy atom. The monoisotopic (exact) mass is 326 g/mol. The molecular formula is C13H12BrFN2O2. The summed E-state index contributed by atoms with van der Waals surface area (Å²) >= 11 is 3.19. The van der Waals surface area contributed by atoms with Crippen LogP contribution in [0.1, 0.15) is 18.9 Å². The summed E-state index contributed by atoms with van der Waals surface area (Å²) in [5.41, 5.74) is 6.67. The van der Waals surface area contributed by atoms with Crippen molar-refractivity contribution in [2.75, 3.05) is 6.61 Å². The second kappa shape index (κ2) is 5.52. The Bertz CT molecular complexity index is 597. The summed E-state index contributed by atoms with van der Waals surface area (Å²) in [4.78, 5) is 15.9. The summed E-state index contributed by atoms with van der Waals surface area (Å²) in [5, 5.41) is 0. The van der Waals surface area contributed by atoms with Crippen LogP contribution in [0.15, 0.2) is 27.2 Å². The third-order valence-corrected chi connectivity index (χ3v) is 3.02. The molecule has 0 atom stereocenters. The largest absolute Gasteiger partial charge is 0.463 e. The summed E-state index contributed by atoms with van der Waals surface area (Å²) in [6.45, 7) is 1.96. The van der Waals surface area contributed by atoms with Gasteiger partial charge in [-0.1, -0.05) is 15.9 Å². The molecule has 0 saturated heterocycles. The lowest BCUT2D eigenvalue weighted by molar-refractivity contribution is -0.138. The van der Waals surface area contributed by atoms with Gasteiger partial charge in [0.05, 0.1) is 12.3 Å². The average Bonchev–Trinajstić information content (AvgIpc) is 2.48. The van der Waals surface area contributed by atoms with Crippen LogP contribution in [0.2, 0.25) is 0 Å². The number of carbonyl (C=O) groups excluding carboxylic acids is 1. The number of benzene rings is 1. The van der Waals surface area contributed by atoms with Gasteiger partial charge < -0.3 is 10.5 Å². The molecule has 4 nitrogen and oxygen atoms in total. The Balaban J connectivity index is 2.54. The lowest BCUT2D eigenvalue weighted by Gasteiger charge is -2.05. The van der Waals surface area contributed by atoms with Crippen molar-refractivity contribution in [2.24, 2.45) is 10.7 Å². The predicted octanol–water partition coefficient (Wildman–Crippen LogP) is 2.93. The number of ether oxygens (including phenoxy) is 1. The van der Waals surface area contributed by atoms with Gasteiger partial charge >= 0.3 is 5.97 Å². The maximum Gasteiger partial charge on any atom is 0.334 e. The average molecular weight is 327 g/mol. The summed E-state index contributed by atoms with van der Waals surface area (Å²) < 4.78 is 19.4. The fourth-order valence-corrected chi connectivity index (χ4v) is 2.19. The number of halogens is 2. The molecule has 0 aromatic heterocycles. The van der Waals surface area contributed by atoms with Crippen LogP contribution in [0.25, 0.3) is 6.08 Å². The molecule has 2 rings (SSSR count). The van der Waals surface area contributed by atoms with Crippen LogP contribution in [-0.2, 0) is 9.53 Å². The Hall–Kier alpha value is -1.69. The van der Waals surface area contributed by atoms with Gasteiger partial charge in [0.1, 0.15) is 11.7 Å². The van der Waals surface area contributed by atoms with E-state index in [9.17, 15) is 9.18 Å². The van der Waals surface area contributed by atoms with Gasteiger partial charge in [0, 0.05) is 22.0 Å². The van der Waals surface area contributed by atoms with Crippen molar-refractivity contribution >= 4 is 39.5 Å². The molecule has 1 aliphatic rings. The molecule has 0 fully saturated rings. The zero-order valence-corrected chi connectivity index (χ0v) is 11.8. The zero-order valence-electron chi connectivity index (χ0n) is 10.2. The minimum atomic E-state index is -0.504. The molecule has 2 N–H and O–H groups in total. The van der Waals surface area contributed by atoms with Crippen LogP contribution < -0.4 is 5.73 Å². The van der Waals surface area contributed by atoms with E-state index in [0.717, 1.165) is 0 Å². The maximum atomic E-state index is 13.9. The maximum absolute atomic E-state index is 13.9. The van der Waals surface area contributed by atoms with Gasteiger partial charge in [-0.2, -0.15) is 0 Å². The van der Waals surface area contributed by atoms with Gasteiger partial charge in [-0.05, 0) is 25.1 Å². The first-order chi connectivity index (χ1) is 9.01. The highest BCUT2D eigenvalue weighted by Crippen LogP contribution is 2.32. The van der Waals surface area contributed by atoms with Crippen molar-refractivity contribution in [3.63, 3.8) is 0 Å².